The molecule has 0 saturated carbocycles. The van der Waals surface area contributed by atoms with E-state index in [1.807, 2.05) is 18.2 Å². The van der Waals surface area contributed by atoms with Crippen LogP contribution in [0.1, 0.15) is 30.6 Å². The largest absolute Gasteiger partial charge is 0.465 e. The molecule has 1 aromatic rings. The van der Waals surface area contributed by atoms with E-state index in [2.05, 4.69) is 13.8 Å². The van der Waals surface area contributed by atoms with Crippen LogP contribution in [0.4, 0.5) is 0 Å². The molecule has 1 rings (SSSR count). The number of ether oxygens (including phenoxy) is 1. The van der Waals surface area contributed by atoms with Crippen molar-refractivity contribution in [2.45, 2.75) is 30.4 Å². The minimum Gasteiger partial charge on any atom is -0.465 e. The zero-order valence-corrected chi connectivity index (χ0v) is 10.1. The second-order valence-corrected chi connectivity index (χ2v) is 4.80. The number of carbonyl (C=O) groups is 1. The van der Waals surface area contributed by atoms with E-state index in [0.29, 0.717) is 10.8 Å². The highest BCUT2D eigenvalue weighted by atomic mass is 32.2. The number of thioether (sulfide) groups is 1. The van der Waals surface area contributed by atoms with Gasteiger partial charge in [0.25, 0.3) is 0 Å². The molecule has 0 spiro atoms. The molecule has 3 heteroatoms. The van der Waals surface area contributed by atoms with Crippen LogP contribution in [-0.2, 0) is 4.74 Å². The Morgan fingerprint density at radius 2 is 2.13 bits per heavy atom. The molecule has 0 aliphatic heterocycles. The van der Waals surface area contributed by atoms with E-state index in [1.165, 1.54) is 7.11 Å². The number of esters is 1. The van der Waals surface area contributed by atoms with E-state index in [1.54, 1.807) is 17.8 Å². The van der Waals surface area contributed by atoms with Crippen LogP contribution in [0.25, 0.3) is 0 Å². The third kappa shape index (κ3) is 3.27. The van der Waals surface area contributed by atoms with E-state index in [-0.39, 0.29) is 5.97 Å². The fourth-order valence-electron chi connectivity index (χ4n) is 1.15. The van der Waals surface area contributed by atoms with Gasteiger partial charge in [-0.15, -0.1) is 11.8 Å². The van der Waals surface area contributed by atoms with Crippen molar-refractivity contribution in [3.8, 4) is 0 Å². The topological polar surface area (TPSA) is 26.3 Å². The lowest BCUT2D eigenvalue weighted by molar-refractivity contribution is 0.0597. The lowest BCUT2D eigenvalue weighted by Crippen LogP contribution is -2.04. The second kappa shape index (κ2) is 5.81. The van der Waals surface area contributed by atoms with Gasteiger partial charge in [-0.05, 0) is 18.6 Å². The minimum atomic E-state index is -0.263. The molecule has 0 N–H and O–H groups in total. The molecule has 2 nitrogen and oxygen atoms in total. The molecule has 0 aliphatic rings. The molecule has 0 aliphatic carbocycles. The predicted octanol–water partition coefficient (Wildman–Crippen LogP) is 3.36. The van der Waals surface area contributed by atoms with E-state index < -0.39 is 0 Å². The Labute approximate surface area is 95.0 Å². The molecular weight excluding hydrogens is 208 g/mol. The molecule has 0 amide bonds. The van der Waals surface area contributed by atoms with E-state index in [0.717, 1.165) is 11.3 Å². The van der Waals surface area contributed by atoms with Crippen molar-refractivity contribution in [3.63, 3.8) is 0 Å². The van der Waals surface area contributed by atoms with Gasteiger partial charge in [-0.1, -0.05) is 26.0 Å². The molecule has 0 saturated heterocycles. The van der Waals surface area contributed by atoms with Crippen LogP contribution in [0.2, 0.25) is 0 Å². The first-order valence-corrected chi connectivity index (χ1v) is 5.91. The van der Waals surface area contributed by atoms with Crippen molar-refractivity contribution < 1.29 is 9.53 Å². The summed E-state index contributed by atoms with van der Waals surface area (Å²) in [6.07, 6.45) is 1.08. The van der Waals surface area contributed by atoms with Crippen LogP contribution in [0, 0.1) is 0 Å². The molecule has 0 bridgehead atoms. The summed E-state index contributed by atoms with van der Waals surface area (Å²) in [7, 11) is 1.41. The van der Waals surface area contributed by atoms with Crippen molar-refractivity contribution in [2.24, 2.45) is 0 Å². The zero-order valence-electron chi connectivity index (χ0n) is 9.32. The highest BCUT2D eigenvalue weighted by Crippen LogP contribution is 2.28. The summed E-state index contributed by atoms with van der Waals surface area (Å²) < 4.78 is 4.74. The fraction of sp³-hybridized carbons (Fsp3) is 0.417. The second-order valence-electron chi connectivity index (χ2n) is 3.32. The molecule has 15 heavy (non-hydrogen) atoms. The standard InChI is InChI=1S/C12H16O2S/c1-4-9(2)15-11-8-6-5-7-10(11)12(13)14-3/h5-9H,4H2,1-3H3. The summed E-state index contributed by atoms with van der Waals surface area (Å²) >= 11 is 1.71. The summed E-state index contributed by atoms with van der Waals surface area (Å²) in [5.74, 6) is -0.263. The van der Waals surface area contributed by atoms with Crippen LogP contribution in [0.15, 0.2) is 29.2 Å². The van der Waals surface area contributed by atoms with Crippen molar-refractivity contribution in [2.75, 3.05) is 7.11 Å². The van der Waals surface area contributed by atoms with Gasteiger partial charge in [0.15, 0.2) is 0 Å². The Balaban J connectivity index is 2.91. The molecule has 0 fully saturated rings. The fourth-order valence-corrected chi connectivity index (χ4v) is 2.18. The van der Waals surface area contributed by atoms with Gasteiger partial charge in [-0.25, -0.2) is 4.79 Å². The van der Waals surface area contributed by atoms with Gasteiger partial charge >= 0.3 is 5.97 Å². The lowest BCUT2D eigenvalue weighted by Gasteiger charge is -2.11. The maximum absolute atomic E-state index is 11.5. The Kier molecular flexibility index (Phi) is 4.69. The average Bonchev–Trinajstić information content (AvgIpc) is 2.28. The van der Waals surface area contributed by atoms with Gasteiger partial charge in [0.1, 0.15) is 0 Å². The van der Waals surface area contributed by atoms with Crippen molar-refractivity contribution in [1.29, 1.82) is 0 Å². The van der Waals surface area contributed by atoms with E-state index in [4.69, 9.17) is 4.74 Å². The first-order valence-electron chi connectivity index (χ1n) is 5.03. The smallest absolute Gasteiger partial charge is 0.338 e. The van der Waals surface area contributed by atoms with Gasteiger partial charge in [0, 0.05) is 10.1 Å². The highest BCUT2D eigenvalue weighted by molar-refractivity contribution is 8.00. The molecule has 1 atom stereocenters. The Morgan fingerprint density at radius 3 is 2.73 bits per heavy atom. The minimum absolute atomic E-state index is 0.263. The van der Waals surface area contributed by atoms with Crippen LogP contribution in [0.3, 0.4) is 0 Å². The summed E-state index contributed by atoms with van der Waals surface area (Å²) in [4.78, 5) is 12.5. The quantitative estimate of drug-likeness (QED) is 0.579. The van der Waals surface area contributed by atoms with Crippen molar-refractivity contribution in [3.05, 3.63) is 29.8 Å². The normalized spacial score (nSPS) is 12.2. The Bertz CT molecular complexity index is 336. The number of hydrogen-bond donors (Lipinski definition) is 0. The van der Waals surface area contributed by atoms with Crippen LogP contribution < -0.4 is 0 Å². The first kappa shape index (κ1) is 12.1. The molecule has 1 aromatic carbocycles. The van der Waals surface area contributed by atoms with Crippen LogP contribution >= 0.6 is 11.8 Å². The van der Waals surface area contributed by atoms with Crippen molar-refractivity contribution in [1.82, 2.24) is 0 Å². The number of carbonyl (C=O) groups excluding carboxylic acids is 1. The Morgan fingerprint density at radius 1 is 1.47 bits per heavy atom. The number of hydrogen-bond acceptors (Lipinski definition) is 3. The number of rotatable bonds is 4. The predicted molar refractivity (Wildman–Crippen MR) is 63.4 cm³/mol. The van der Waals surface area contributed by atoms with Gasteiger partial charge in [0.2, 0.25) is 0 Å². The third-order valence-electron chi connectivity index (χ3n) is 2.20. The van der Waals surface area contributed by atoms with E-state index in [9.17, 15) is 4.79 Å². The molecule has 1 unspecified atom stereocenters. The molecular formula is C12H16O2S. The summed E-state index contributed by atoms with van der Waals surface area (Å²) in [6, 6.07) is 7.56. The maximum atomic E-state index is 11.5. The average molecular weight is 224 g/mol. The Hall–Kier alpha value is -0.960. The summed E-state index contributed by atoms with van der Waals surface area (Å²) in [5.41, 5.74) is 0.658. The zero-order chi connectivity index (χ0) is 11.3. The highest BCUT2D eigenvalue weighted by Gasteiger charge is 2.12. The van der Waals surface area contributed by atoms with E-state index >= 15 is 0 Å². The van der Waals surface area contributed by atoms with Crippen LogP contribution in [-0.4, -0.2) is 18.3 Å². The molecule has 0 radical (unpaired) electrons. The van der Waals surface area contributed by atoms with Gasteiger partial charge < -0.3 is 4.74 Å². The van der Waals surface area contributed by atoms with Gasteiger partial charge in [-0.2, -0.15) is 0 Å². The lowest BCUT2D eigenvalue weighted by atomic mass is 10.2. The first-order chi connectivity index (χ1) is 7.19. The number of benzene rings is 1. The summed E-state index contributed by atoms with van der Waals surface area (Å²) in [6.45, 7) is 4.29. The summed E-state index contributed by atoms with van der Waals surface area (Å²) in [5, 5.41) is 0.510. The number of methoxy groups -OCH3 is 1. The van der Waals surface area contributed by atoms with Gasteiger partial charge in [-0.3, -0.25) is 0 Å². The van der Waals surface area contributed by atoms with Crippen molar-refractivity contribution >= 4 is 17.7 Å². The monoisotopic (exact) mass is 224 g/mol. The van der Waals surface area contributed by atoms with Gasteiger partial charge in [0.05, 0.1) is 12.7 Å². The molecule has 82 valence electrons. The third-order valence-corrected chi connectivity index (χ3v) is 3.54. The molecule has 0 heterocycles. The maximum Gasteiger partial charge on any atom is 0.338 e. The van der Waals surface area contributed by atoms with Crippen LogP contribution in [0.5, 0.6) is 0 Å². The molecule has 0 aromatic heterocycles. The SMILES string of the molecule is CCC(C)Sc1ccccc1C(=O)OC.